The minimum Gasteiger partial charge on any atom is -0.463 e. The van der Waals surface area contributed by atoms with Gasteiger partial charge in [0, 0.05) is 29.2 Å². The molecule has 1 unspecified atom stereocenters. The van der Waals surface area contributed by atoms with Crippen LogP contribution in [0.15, 0.2) is 81.9 Å². The lowest BCUT2D eigenvalue weighted by atomic mass is 9.83. The highest BCUT2D eigenvalue weighted by molar-refractivity contribution is 9.10. The maximum absolute atomic E-state index is 14.6. The quantitative estimate of drug-likeness (QED) is 0.288. The van der Waals surface area contributed by atoms with Gasteiger partial charge in [0.15, 0.2) is 11.1 Å². The van der Waals surface area contributed by atoms with Gasteiger partial charge >= 0.3 is 0 Å². The van der Waals surface area contributed by atoms with E-state index < -0.39 is 5.54 Å². The molecule has 0 bridgehead atoms. The molecule has 0 spiro atoms. The van der Waals surface area contributed by atoms with E-state index in [1.807, 2.05) is 65.2 Å². The lowest BCUT2D eigenvalue weighted by Gasteiger charge is -2.47. The largest absolute Gasteiger partial charge is 0.463 e. The third-order valence-corrected chi connectivity index (χ3v) is 8.38. The summed E-state index contributed by atoms with van der Waals surface area (Å²) in [4.78, 5) is 30.6. The second-order valence-corrected chi connectivity index (χ2v) is 11.1. The minimum absolute atomic E-state index is 0.110. The Morgan fingerprint density at radius 3 is 2.54 bits per heavy atom. The number of benzene rings is 2. The summed E-state index contributed by atoms with van der Waals surface area (Å²) in [5.41, 5.74) is 2.56. The van der Waals surface area contributed by atoms with E-state index in [0.29, 0.717) is 24.4 Å². The maximum atomic E-state index is 14.6. The van der Waals surface area contributed by atoms with Crippen molar-refractivity contribution in [2.45, 2.75) is 63.2 Å². The van der Waals surface area contributed by atoms with Crippen molar-refractivity contribution in [3.05, 3.63) is 94.3 Å². The first-order valence-corrected chi connectivity index (χ1v) is 13.9. The van der Waals surface area contributed by atoms with E-state index >= 15 is 0 Å². The molecule has 1 saturated carbocycles. The third kappa shape index (κ3) is 4.29. The van der Waals surface area contributed by atoms with Crippen LogP contribution in [0.5, 0.6) is 0 Å². The summed E-state index contributed by atoms with van der Waals surface area (Å²) in [6, 6.07) is 21.5. The fraction of sp³-hybridized carbons (Fsp3) is 0.333. The molecule has 1 N–H and O–H groups in total. The molecule has 7 heteroatoms. The first kappa shape index (κ1) is 24.0. The Bertz CT molecular complexity index is 1430. The lowest BCUT2D eigenvalue weighted by molar-refractivity contribution is -0.136. The number of hydrogen-bond donors (Lipinski definition) is 1. The molecule has 190 valence electrons. The Labute approximate surface area is 224 Å². The van der Waals surface area contributed by atoms with Crippen LogP contribution in [0.2, 0.25) is 0 Å². The van der Waals surface area contributed by atoms with Gasteiger partial charge in [-0.1, -0.05) is 84.1 Å². The van der Waals surface area contributed by atoms with Crippen molar-refractivity contribution >= 4 is 38.8 Å². The molecule has 1 fully saturated rings. The molecule has 6 rings (SSSR count). The van der Waals surface area contributed by atoms with E-state index in [0.717, 1.165) is 46.8 Å². The number of amides is 2. The predicted octanol–water partition coefficient (Wildman–Crippen LogP) is 6.39. The van der Waals surface area contributed by atoms with Crippen LogP contribution >= 0.6 is 15.9 Å². The molecule has 1 aliphatic carbocycles. The Balaban J connectivity index is 1.52. The standard InChI is InChI=1S/C30H30BrN3O3/c31-23-12-8-9-21(17-23)19-34-28(35)26-18-27-25(15-16-37-27)33(26)20-30(34,22-10-4-3-5-11-22)29(36)32-24-13-6-1-2-7-14-24/h3-5,8-12,15-18,24H,1-2,6-7,13-14,19-20H2,(H,32,36). The van der Waals surface area contributed by atoms with Crippen molar-refractivity contribution in [3.63, 3.8) is 0 Å². The average molecular weight is 560 g/mol. The van der Waals surface area contributed by atoms with Gasteiger partial charge < -0.3 is 19.2 Å². The molecule has 6 nitrogen and oxygen atoms in total. The van der Waals surface area contributed by atoms with E-state index in [1.165, 1.54) is 12.8 Å². The highest BCUT2D eigenvalue weighted by Gasteiger charge is 2.53. The van der Waals surface area contributed by atoms with Gasteiger partial charge in [-0.15, -0.1) is 0 Å². The second kappa shape index (κ2) is 9.86. The fourth-order valence-electron chi connectivity index (χ4n) is 5.99. The maximum Gasteiger partial charge on any atom is 0.272 e. The Kier molecular flexibility index (Phi) is 6.41. The Morgan fingerprint density at radius 2 is 1.78 bits per heavy atom. The molecule has 1 atom stereocenters. The number of nitrogens with one attached hydrogen (secondary N) is 1. The highest BCUT2D eigenvalue weighted by atomic mass is 79.9. The summed E-state index contributed by atoms with van der Waals surface area (Å²) < 4.78 is 8.55. The molecule has 1 aliphatic heterocycles. The van der Waals surface area contributed by atoms with Crippen LogP contribution in [0.25, 0.3) is 11.1 Å². The zero-order valence-corrected chi connectivity index (χ0v) is 22.2. The molecule has 37 heavy (non-hydrogen) atoms. The van der Waals surface area contributed by atoms with Crippen LogP contribution in [-0.2, 0) is 23.4 Å². The Hall–Kier alpha value is -3.32. The van der Waals surface area contributed by atoms with Gasteiger partial charge in [0.25, 0.3) is 11.8 Å². The van der Waals surface area contributed by atoms with Crippen molar-refractivity contribution in [1.82, 2.24) is 14.8 Å². The zero-order valence-electron chi connectivity index (χ0n) is 20.7. The van der Waals surface area contributed by atoms with Crippen molar-refractivity contribution in [2.75, 3.05) is 0 Å². The minimum atomic E-state index is -1.22. The number of nitrogens with zero attached hydrogens (tertiary/aromatic N) is 2. The summed E-state index contributed by atoms with van der Waals surface area (Å²) in [5, 5.41) is 3.40. The van der Waals surface area contributed by atoms with Gasteiger partial charge in [-0.2, -0.15) is 0 Å². The summed E-state index contributed by atoms with van der Waals surface area (Å²) in [7, 11) is 0. The first-order valence-electron chi connectivity index (χ1n) is 13.1. The number of fused-ring (bicyclic) bond motifs is 3. The number of furan rings is 1. The lowest BCUT2D eigenvalue weighted by Crippen LogP contribution is -2.63. The van der Waals surface area contributed by atoms with E-state index in [-0.39, 0.29) is 17.9 Å². The van der Waals surface area contributed by atoms with E-state index in [2.05, 4.69) is 21.2 Å². The van der Waals surface area contributed by atoms with Crippen LogP contribution in [0.3, 0.4) is 0 Å². The van der Waals surface area contributed by atoms with Crippen molar-refractivity contribution in [3.8, 4) is 0 Å². The number of aromatic nitrogens is 1. The number of halogens is 1. The molecule has 2 aromatic carbocycles. The van der Waals surface area contributed by atoms with Gasteiger partial charge in [-0.05, 0) is 36.1 Å². The van der Waals surface area contributed by atoms with Crippen LogP contribution in [0.4, 0.5) is 0 Å². The number of carbonyl (C=O) groups is 2. The van der Waals surface area contributed by atoms with Gasteiger partial charge in [0.2, 0.25) is 0 Å². The summed E-state index contributed by atoms with van der Waals surface area (Å²) in [5.74, 6) is -0.303. The number of rotatable bonds is 5. The topological polar surface area (TPSA) is 67.5 Å². The van der Waals surface area contributed by atoms with Gasteiger partial charge in [0.05, 0.1) is 18.3 Å². The van der Waals surface area contributed by atoms with Crippen molar-refractivity contribution in [1.29, 1.82) is 0 Å². The molecular weight excluding hydrogens is 530 g/mol. The monoisotopic (exact) mass is 559 g/mol. The van der Waals surface area contributed by atoms with Crippen molar-refractivity contribution < 1.29 is 14.0 Å². The number of hydrogen-bond acceptors (Lipinski definition) is 3. The zero-order chi connectivity index (χ0) is 25.4. The number of carbonyl (C=O) groups excluding carboxylic acids is 2. The van der Waals surface area contributed by atoms with Crippen molar-refractivity contribution in [2.24, 2.45) is 0 Å². The Morgan fingerprint density at radius 1 is 1.00 bits per heavy atom. The molecule has 0 saturated heterocycles. The van der Waals surface area contributed by atoms with E-state index in [4.69, 9.17) is 4.42 Å². The molecule has 2 amide bonds. The SMILES string of the molecule is O=C1c2cc3occc3n2CC(C(=O)NC2CCCCCC2)(c2ccccc2)N1Cc1cccc(Br)c1. The summed E-state index contributed by atoms with van der Waals surface area (Å²) in [6.45, 7) is 0.617. The molecule has 2 aromatic heterocycles. The predicted molar refractivity (Wildman–Crippen MR) is 146 cm³/mol. The van der Waals surface area contributed by atoms with E-state index in [9.17, 15) is 9.59 Å². The molecule has 3 heterocycles. The van der Waals surface area contributed by atoms with Crippen LogP contribution in [0, 0.1) is 0 Å². The molecule has 4 aromatic rings. The van der Waals surface area contributed by atoms with Crippen LogP contribution in [0.1, 0.15) is 60.1 Å². The van der Waals surface area contributed by atoms with Gasteiger partial charge in [-0.25, -0.2) is 0 Å². The highest BCUT2D eigenvalue weighted by Crippen LogP contribution is 2.41. The second-order valence-electron chi connectivity index (χ2n) is 10.2. The average Bonchev–Trinajstić information content (AvgIpc) is 3.40. The molecule has 0 radical (unpaired) electrons. The van der Waals surface area contributed by atoms with Gasteiger partial charge in [0.1, 0.15) is 5.69 Å². The summed E-state index contributed by atoms with van der Waals surface area (Å²) in [6.07, 6.45) is 8.20. The smallest absolute Gasteiger partial charge is 0.272 e. The van der Waals surface area contributed by atoms with Gasteiger partial charge in [-0.3, -0.25) is 9.59 Å². The summed E-state index contributed by atoms with van der Waals surface area (Å²) >= 11 is 3.56. The van der Waals surface area contributed by atoms with Crippen LogP contribution < -0.4 is 5.32 Å². The fourth-order valence-corrected chi connectivity index (χ4v) is 6.44. The van der Waals surface area contributed by atoms with Crippen LogP contribution in [-0.4, -0.2) is 27.3 Å². The molecule has 2 aliphatic rings. The normalized spacial score (nSPS) is 20.6. The third-order valence-electron chi connectivity index (χ3n) is 7.88. The molecular formula is C30H30BrN3O3. The van der Waals surface area contributed by atoms with E-state index in [1.54, 1.807) is 17.2 Å². The first-order chi connectivity index (χ1) is 18.1.